The van der Waals surface area contributed by atoms with Crippen molar-refractivity contribution in [2.45, 2.75) is 44.9 Å². The number of nitrogens with zero attached hydrogens (tertiary/aromatic N) is 1. The number of pyridine rings is 1. The second kappa shape index (κ2) is 10.1. The first-order chi connectivity index (χ1) is 11.3. The van der Waals surface area contributed by atoms with Crippen molar-refractivity contribution in [3.63, 3.8) is 0 Å². The standard InChI is InChI=1S/C18H25NO4.Li/c20-18(15-7-10-21-11-8-15)23-16-6-9-19-17(12-16)22-13-14-4-2-1-3-5-14;/h6,9,12,14-15H,1-5,7-8,10-11,13H2;. The van der Waals surface area contributed by atoms with Crippen LogP contribution in [-0.4, -0.2) is 49.6 Å². The fourth-order valence-electron chi connectivity index (χ4n) is 3.22. The topological polar surface area (TPSA) is 57.7 Å². The zero-order valence-corrected chi connectivity index (χ0v) is 14.5. The molecule has 0 unspecified atom stereocenters. The number of carbonyl (C=O) groups is 1. The second-order valence-electron chi connectivity index (χ2n) is 6.45. The number of rotatable bonds is 5. The van der Waals surface area contributed by atoms with Gasteiger partial charge in [0.15, 0.2) is 0 Å². The molecule has 0 amide bonds. The van der Waals surface area contributed by atoms with Gasteiger partial charge in [0.25, 0.3) is 0 Å². The van der Waals surface area contributed by atoms with Crippen LogP contribution in [0.2, 0.25) is 0 Å². The largest absolute Gasteiger partial charge is 0.477 e. The molecule has 3 rings (SSSR count). The molecular weight excluding hydrogens is 301 g/mol. The van der Waals surface area contributed by atoms with Crippen molar-refractivity contribution < 1.29 is 19.0 Å². The predicted molar refractivity (Wildman–Crippen MR) is 91.2 cm³/mol. The van der Waals surface area contributed by atoms with E-state index >= 15 is 0 Å². The first-order valence-electron chi connectivity index (χ1n) is 8.69. The Morgan fingerprint density at radius 1 is 1.17 bits per heavy atom. The maximum absolute atomic E-state index is 12.1. The SMILES string of the molecule is O=C(Oc1ccnc(OCC2CCCCC2)c1)C1CCOCC1.[Li]. The van der Waals surface area contributed by atoms with Crippen LogP contribution in [0.3, 0.4) is 0 Å². The van der Waals surface area contributed by atoms with Crippen LogP contribution in [0.5, 0.6) is 11.6 Å². The van der Waals surface area contributed by atoms with Crippen LogP contribution < -0.4 is 9.47 Å². The van der Waals surface area contributed by atoms with Crippen molar-refractivity contribution >= 4 is 24.8 Å². The number of ether oxygens (including phenoxy) is 3. The first-order valence-corrected chi connectivity index (χ1v) is 8.69. The van der Waals surface area contributed by atoms with Crippen LogP contribution in [0.1, 0.15) is 44.9 Å². The molecule has 0 atom stereocenters. The van der Waals surface area contributed by atoms with Gasteiger partial charge < -0.3 is 14.2 Å². The van der Waals surface area contributed by atoms with Gasteiger partial charge in [0.2, 0.25) is 5.88 Å². The third kappa shape index (κ3) is 5.80. The predicted octanol–water partition coefficient (Wildman–Crippen LogP) is 2.99. The summed E-state index contributed by atoms with van der Waals surface area (Å²) in [6, 6.07) is 3.41. The molecule has 0 aromatic carbocycles. The Morgan fingerprint density at radius 2 is 1.92 bits per heavy atom. The van der Waals surface area contributed by atoms with Gasteiger partial charge in [-0.2, -0.15) is 0 Å². The van der Waals surface area contributed by atoms with Gasteiger partial charge in [-0.1, -0.05) is 19.3 Å². The maximum Gasteiger partial charge on any atom is 0.314 e. The monoisotopic (exact) mass is 326 g/mol. The van der Waals surface area contributed by atoms with E-state index in [1.54, 1.807) is 18.3 Å². The average Bonchev–Trinajstić information content (AvgIpc) is 2.62. The van der Waals surface area contributed by atoms with Gasteiger partial charge in [0.1, 0.15) is 5.75 Å². The Bertz CT molecular complexity index is 513. The Labute approximate surface area is 155 Å². The number of hydrogen-bond donors (Lipinski definition) is 0. The van der Waals surface area contributed by atoms with E-state index in [1.807, 2.05) is 0 Å². The smallest absolute Gasteiger partial charge is 0.314 e. The van der Waals surface area contributed by atoms with E-state index in [2.05, 4.69) is 4.98 Å². The van der Waals surface area contributed by atoms with Crippen molar-refractivity contribution in [3.05, 3.63) is 18.3 Å². The number of esters is 1. The van der Waals surface area contributed by atoms with E-state index in [0.717, 1.165) is 12.8 Å². The van der Waals surface area contributed by atoms with E-state index in [-0.39, 0.29) is 30.7 Å². The Kier molecular flexibility index (Phi) is 8.11. The van der Waals surface area contributed by atoms with Gasteiger partial charge in [0, 0.05) is 44.3 Å². The van der Waals surface area contributed by atoms with Crippen molar-refractivity contribution in [2.24, 2.45) is 11.8 Å². The number of carbonyl (C=O) groups excluding carboxylic acids is 1. The molecule has 1 saturated heterocycles. The van der Waals surface area contributed by atoms with Crippen LogP contribution in [0.4, 0.5) is 0 Å². The minimum Gasteiger partial charge on any atom is -0.477 e. The Hall–Kier alpha value is -1.02. The molecule has 127 valence electrons. The molecule has 1 aromatic heterocycles. The quantitative estimate of drug-likeness (QED) is 0.615. The summed E-state index contributed by atoms with van der Waals surface area (Å²) in [6.45, 7) is 1.96. The minimum atomic E-state index is -0.183. The first kappa shape index (κ1) is 19.3. The van der Waals surface area contributed by atoms with Crippen LogP contribution in [-0.2, 0) is 9.53 Å². The van der Waals surface area contributed by atoms with Crippen molar-refractivity contribution in [1.29, 1.82) is 0 Å². The maximum atomic E-state index is 12.1. The molecule has 0 spiro atoms. The van der Waals surface area contributed by atoms with Crippen LogP contribution in [0.15, 0.2) is 18.3 Å². The van der Waals surface area contributed by atoms with Gasteiger partial charge >= 0.3 is 5.97 Å². The molecule has 0 N–H and O–H groups in total. The van der Waals surface area contributed by atoms with Gasteiger partial charge in [-0.05, 0) is 37.7 Å². The molecule has 2 heterocycles. The van der Waals surface area contributed by atoms with Gasteiger partial charge in [-0.25, -0.2) is 4.98 Å². The zero-order valence-electron chi connectivity index (χ0n) is 14.5. The molecule has 2 fully saturated rings. The number of aromatic nitrogens is 1. The molecule has 1 aliphatic heterocycles. The summed E-state index contributed by atoms with van der Waals surface area (Å²) >= 11 is 0. The molecular formula is C18H25LiNO4. The van der Waals surface area contributed by atoms with E-state index in [1.165, 1.54) is 32.1 Å². The molecule has 5 nitrogen and oxygen atoms in total. The summed E-state index contributed by atoms with van der Waals surface area (Å²) in [5.41, 5.74) is 0. The van der Waals surface area contributed by atoms with Gasteiger partial charge in [-0.3, -0.25) is 4.79 Å². The Morgan fingerprint density at radius 3 is 2.67 bits per heavy atom. The third-order valence-electron chi connectivity index (χ3n) is 4.67. The molecule has 0 bridgehead atoms. The summed E-state index contributed by atoms with van der Waals surface area (Å²) in [4.78, 5) is 16.4. The van der Waals surface area contributed by atoms with Crippen LogP contribution in [0, 0.1) is 11.8 Å². The summed E-state index contributed by atoms with van der Waals surface area (Å²) in [7, 11) is 0. The van der Waals surface area contributed by atoms with E-state index in [0.29, 0.717) is 37.4 Å². The molecule has 2 aliphatic rings. The van der Waals surface area contributed by atoms with Crippen molar-refractivity contribution in [3.8, 4) is 11.6 Å². The molecule has 1 radical (unpaired) electrons. The van der Waals surface area contributed by atoms with Crippen LogP contribution >= 0.6 is 0 Å². The zero-order chi connectivity index (χ0) is 15.9. The summed E-state index contributed by atoms with van der Waals surface area (Å²) < 4.78 is 16.5. The fourth-order valence-corrected chi connectivity index (χ4v) is 3.22. The molecule has 1 aliphatic carbocycles. The van der Waals surface area contributed by atoms with E-state index in [4.69, 9.17) is 14.2 Å². The fraction of sp³-hybridized carbons (Fsp3) is 0.667. The summed E-state index contributed by atoms with van der Waals surface area (Å²) in [5, 5.41) is 0. The van der Waals surface area contributed by atoms with Crippen molar-refractivity contribution in [2.75, 3.05) is 19.8 Å². The molecule has 1 aromatic rings. The molecule has 1 saturated carbocycles. The second-order valence-corrected chi connectivity index (χ2v) is 6.45. The minimum absolute atomic E-state index is 0. The van der Waals surface area contributed by atoms with Gasteiger partial charge in [-0.15, -0.1) is 0 Å². The number of hydrogen-bond acceptors (Lipinski definition) is 5. The van der Waals surface area contributed by atoms with E-state index < -0.39 is 0 Å². The Balaban J connectivity index is 0.00000208. The third-order valence-corrected chi connectivity index (χ3v) is 4.67. The summed E-state index contributed by atoms with van der Waals surface area (Å²) in [6.07, 6.45) is 9.49. The van der Waals surface area contributed by atoms with Crippen LogP contribution in [0.25, 0.3) is 0 Å². The normalized spacial score (nSPS) is 19.3. The summed E-state index contributed by atoms with van der Waals surface area (Å²) in [5.74, 6) is 1.42. The molecule has 6 heteroatoms. The molecule has 24 heavy (non-hydrogen) atoms. The van der Waals surface area contributed by atoms with E-state index in [9.17, 15) is 4.79 Å². The van der Waals surface area contributed by atoms with Gasteiger partial charge in [0.05, 0.1) is 12.5 Å². The van der Waals surface area contributed by atoms with Crippen molar-refractivity contribution in [1.82, 2.24) is 4.98 Å². The average molecular weight is 326 g/mol.